The molecule has 0 radical (unpaired) electrons. The van der Waals surface area contributed by atoms with Crippen LogP contribution in [-0.2, 0) is 0 Å². The van der Waals surface area contributed by atoms with Crippen LogP contribution in [0, 0.1) is 11.8 Å². The molecule has 0 saturated heterocycles. The molecule has 0 heterocycles. The van der Waals surface area contributed by atoms with Crippen LogP contribution < -0.4 is 0 Å². The van der Waals surface area contributed by atoms with Crippen molar-refractivity contribution in [3.05, 3.63) is 115 Å². The molecule has 1 aliphatic carbocycles. The van der Waals surface area contributed by atoms with Crippen LogP contribution in [0.25, 0.3) is 49.4 Å². The van der Waals surface area contributed by atoms with Crippen molar-refractivity contribution in [3.63, 3.8) is 0 Å². The van der Waals surface area contributed by atoms with E-state index in [1.807, 2.05) is 0 Å². The van der Waals surface area contributed by atoms with Crippen LogP contribution in [0.15, 0.2) is 110 Å². The lowest BCUT2D eigenvalue weighted by atomic mass is 9.85. The zero-order valence-electron chi connectivity index (χ0n) is 19.1. The van der Waals surface area contributed by atoms with Gasteiger partial charge in [0.15, 0.2) is 0 Å². The largest absolute Gasteiger partial charge is 0.0952 e. The zero-order chi connectivity index (χ0) is 22.4. The Morgan fingerprint density at radius 1 is 0.636 bits per heavy atom. The number of fused-ring (bicyclic) bond motifs is 2. The molecule has 0 nitrogen and oxygen atoms in total. The molecular weight excluding hydrogens is 396 g/mol. The van der Waals surface area contributed by atoms with Gasteiger partial charge < -0.3 is 0 Å². The summed E-state index contributed by atoms with van der Waals surface area (Å²) in [7, 11) is 0. The van der Waals surface area contributed by atoms with Crippen LogP contribution >= 0.6 is 0 Å². The van der Waals surface area contributed by atoms with Gasteiger partial charge in [-0.15, -0.1) is 0 Å². The second kappa shape index (κ2) is 8.05. The van der Waals surface area contributed by atoms with Gasteiger partial charge in [0.1, 0.15) is 0 Å². The standard InChI is InChI=1S/C33H28/c1-22-20-27(22)21-23(2)32-28-12-6-8-14-30(28)33(31-15-9-7-13-29(31)32)26-18-16-25(17-19-26)24-10-4-3-5-11-24/h3-19,22,27H,2,20-21H2,1H3. The van der Waals surface area contributed by atoms with E-state index in [4.69, 9.17) is 0 Å². The zero-order valence-corrected chi connectivity index (χ0v) is 19.1. The molecule has 0 heteroatoms. The third-order valence-electron chi connectivity index (χ3n) is 7.35. The summed E-state index contributed by atoms with van der Waals surface area (Å²) in [5, 5.41) is 5.25. The number of benzene rings is 5. The highest BCUT2D eigenvalue weighted by molar-refractivity contribution is 6.18. The number of rotatable bonds is 5. The summed E-state index contributed by atoms with van der Waals surface area (Å²) in [6.45, 7) is 6.94. The van der Waals surface area contributed by atoms with Gasteiger partial charge in [-0.05, 0) is 79.6 Å². The van der Waals surface area contributed by atoms with Crippen molar-refractivity contribution in [1.29, 1.82) is 0 Å². The molecule has 2 atom stereocenters. The first-order chi connectivity index (χ1) is 16.2. The molecule has 0 bridgehead atoms. The minimum absolute atomic E-state index is 0.792. The number of hydrogen-bond donors (Lipinski definition) is 0. The van der Waals surface area contributed by atoms with Crippen LogP contribution in [0.2, 0.25) is 0 Å². The van der Waals surface area contributed by atoms with E-state index in [1.165, 1.54) is 61.4 Å². The van der Waals surface area contributed by atoms with Crippen LogP contribution in [0.1, 0.15) is 25.3 Å². The van der Waals surface area contributed by atoms with Crippen LogP contribution in [0.3, 0.4) is 0 Å². The Bertz CT molecular complexity index is 1420. The van der Waals surface area contributed by atoms with Gasteiger partial charge in [-0.2, -0.15) is 0 Å². The summed E-state index contributed by atoms with van der Waals surface area (Å²) >= 11 is 0. The molecule has 0 N–H and O–H groups in total. The molecule has 1 aliphatic rings. The third-order valence-corrected chi connectivity index (χ3v) is 7.35. The fourth-order valence-corrected chi connectivity index (χ4v) is 5.38. The highest BCUT2D eigenvalue weighted by Crippen LogP contribution is 2.47. The maximum atomic E-state index is 4.59. The average molecular weight is 425 g/mol. The Balaban J connectivity index is 1.55. The van der Waals surface area contributed by atoms with Gasteiger partial charge in [0.25, 0.3) is 0 Å². The maximum absolute atomic E-state index is 4.59. The maximum Gasteiger partial charge on any atom is -0.00264 e. The highest BCUT2D eigenvalue weighted by atomic mass is 14.4. The predicted octanol–water partition coefficient (Wildman–Crippen LogP) is 9.39. The molecule has 6 rings (SSSR count). The Morgan fingerprint density at radius 2 is 1.09 bits per heavy atom. The number of allylic oxidation sites excluding steroid dienone is 1. The lowest BCUT2D eigenvalue weighted by Crippen LogP contribution is -1.94. The minimum atomic E-state index is 0.792. The van der Waals surface area contributed by atoms with Crippen molar-refractivity contribution < 1.29 is 0 Å². The lowest BCUT2D eigenvalue weighted by Gasteiger charge is -2.19. The summed E-state index contributed by atoms with van der Waals surface area (Å²) in [4.78, 5) is 0. The molecule has 1 fully saturated rings. The van der Waals surface area contributed by atoms with Gasteiger partial charge in [0.05, 0.1) is 0 Å². The van der Waals surface area contributed by atoms with E-state index in [9.17, 15) is 0 Å². The van der Waals surface area contributed by atoms with Gasteiger partial charge in [0, 0.05) is 0 Å². The van der Waals surface area contributed by atoms with Crippen LogP contribution in [-0.4, -0.2) is 0 Å². The predicted molar refractivity (Wildman–Crippen MR) is 143 cm³/mol. The Kier molecular flexibility index (Phi) is 4.88. The molecule has 0 aliphatic heterocycles. The molecule has 2 unspecified atom stereocenters. The van der Waals surface area contributed by atoms with E-state index in [2.05, 4.69) is 117 Å². The fraction of sp³-hybridized carbons (Fsp3) is 0.152. The Labute approximate surface area is 196 Å². The molecule has 0 amide bonds. The Morgan fingerprint density at radius 3 is 1.64 bits per heavy atom. The molecule has 0 aromatic heterocycles. The normalized spacial score (nSPS) is 17.4. The molecule has 0 spiro atoms. The van der Waals surface area contributed by atoms with Crippen LogP contribution in [0.5, 0.6) is 0 Å². The first-order valence-electron chi connectivity index (χ1n) is 12.0. The molecule has 160 valence electrons. The van der Waals surface area contributed by atoms with E-state index in [-0.39, 0.29) is 0 Å². The molecule has 5 aromatic carbocycles. The summed E-state index contributed by atoms with van der Waals surface area (Å²) in [5.41, 5.74) is 7.69. The number of hydrogen-bond acceptors (Lipinski definition) is 0. The SMILES string of the molecule is C=C(CC1CC1C)c1c2ccccc2c(-c2ccc(-c3ccccc3)cc2)c2ccccc12. The third kappa shape index (κ3) is 3.56. The first-order valence-corrected chi connectivity index (χ1v) is 12.0. The highest BCUT2D eigenvalue weighted by Gasteiger charge is 2.33. The van der Waals surface area contributed by atoms with Gasteiger partial charge in [-0.25, -0.2) is 0 Å². The van der Waals surface area contributed by atoms with Gasteiger partial charge >= 0.3 is 0 Å². The van der Waals surface area contributed by atoms with E-state index in [1.54, 1.807) is 0 Å². The van der Waals surface area contributed by atoms with Crippen molar-refractivity contribution in [2.45, 2.75) is 19.8 Å². The van der Waals surface area contributed by atoms with Crippen molar-refractivity contribution in [1.82, 2.24) is 0 Å². The summed E-state index contributed by atoms with van der Waals surface area (Å²) in [6.07, 6.45) is 2.43. The second-order valence-corrected chi connectivity index (χ2v) is 9.57. The fourth-order valence-electron chi connectivity index (χ4n) is 5.38. The Hall–Kier alpha value is -3.64. The van der Waals surface area contributed by atoms with Crippen LogP contribution in [0.4, 0.5) is 0 Å². The van der Waals surface area contributed by atoms with E-state index >= 15 is 0 Å². The molecule has 5 aromatic rings. The van der Waals surface area contributed by atoms with Crippen molar-refractivity contribution >= 4 is 27.1 Å². The van der Waals surface area contributed by atoms with Crippen molar-refractivity contribution in [2.75, 3.05) is 0 Å². The van der Waals surface area contributed by atoms with Gasteiger partial charge in [-0.3, -0.25) is 0 Å². The van der Waals surface area contributed by atoms with Crippen molar-refractivity contribution in [2.24, 2.45) is 11.8 Å². The van der Waals surface area contributed by atoms with Gasteiger partial charge in [-0.1, -0.05) is 117 Å². The topological polar surface area (TPSA) is 0 Å². The second-order valence-electron chi connectivity index (χ2n) is 9.57. The average Bonchev–Trinajstić information content (AvgIpc) is 3.56. The van der Waals surface area contributed by atoms with E-state index < -0.39 is 0 Å². The van der Waals surface area contributed by atoms with E-state index in [0.717, 1.165) is 18.3 Å². The molecule has 33 heavy (non-hydrogen) atoms. The first kappa shape index (κ1) is 20.0. The van der Waals surface area contributed by atoms with Gasteiger partial charge in [0.2, 0.25) is 0 Å². The summed E-state index contributed by atoms with van der Waals surface area (Å²) in [6, 6.07) is 37.4. The summed E-state index contributed by atoms with van der Waals surface area (Å²) < 4.78 is 0. The smallest absolute Gasteiger partial charge is 0.00264 e. The molecule has 1 saturated carbocycles. The quantitative estimate of drug-likeness (QED) is 0.246. The minimum Gasteiger partial charge on any atom is -0.0952 e. The monoisotopic (exact) mass is 424 g/mol. The summed E-state index contributed by atoms with van der Waals surface area (Å²) in [5.74, 6) is 1.63. The molecular formula is C33H28. The van der Waals surface area contributed by atoms with E-state index in [0.29, 0.717) is 0 Å². The lowest BCUT2D eigenvalue weighted by molar-refractivity contribution is 0.777. The van der Waals surface area contributed by atoms with Crippen molar-refractivity contribution in [3.8, 4) is 22.3 Å².